The molecule has 0 aromatic heterocycles. The second-order valence-electron chi connectivity index (χ2n) is 7.33. The lowest BCUT2D eigenvalue weighted by Crippen LogP contribution is -2.57. The van der Waals surface area contributed by atoms with Crippen LogP contribution in [0.1, 0.15) is 39.5 Å². The zero-order chi connectivity index (χ0) is 20.7. The highest BCUT2D eigenvalue weighted by atomic mass is 35.5. The lowest BCUT2D eigenvalue weighted by atomic mass is 9.83. The third-order valence-electron chi connectivity index (χ3n) is 5.65. The van der Waals surface area contributed by atoms with Gasteiger partial charge < -0.3 is 15.5 Å². The van der Waals surface area contributed by atoms with Crippen LogP contribution >= 0.6 is 11.6 Å². The van der Waals surface area contributed by atoms with E-state index in [0.29, 0.717) is 34.2 Å². The number of aldehydes is 1. The average Bonchev–Trinajstić information content (AvgIpc) is 2.75. The van der Waals surface area contributed by atoms with E-state index in [2.05, 4.69) is 4.90 Å². The van der Waals surface area contributed by atoms with Crippen LogP contribution in [0.25, 0.3) is 0 Å². The number of allylic oxidation sites excluding steroid dienone is 6. The van der Waals surface area contributed by atoms with Crippen LogP contribution < -0.4 is 5.73 Å². The number of piperidine rings is 3. The van der Waals surface area contributed by atoms with Crippen LogP contribution in [0.2, 0.25) is 0 Å². The Bertz CT molecular complexity index is 701. The molecular weight excluding hydrogens is 374 g/mol. The highest BCUT2D eigenvalue weighted by Gasteiger charge is 2.38. The molecule has 0 radical (unpaired) electrons. The molecule has 154 valence electrons. The number of carbonyl (C=O) groups is 2. The topological polar surface area (TPSA) is 66.6 Å². The van der Waals surface area contributed by atoms with Crippen LogP contribution in [0.5, 0.6) is 0 Å². The number of nitrogens with zero attached hydrogens (tertiary/aromatic N) is 2. The minimum absolute atomic E-state index is 0.0187. The molecule has 3 fully saturated rings. The molecule has 0 aromatic rings. The summed E-state index contributed by atoms with van der Waals surface area (Å²) in [6.07, 6.45) is 10.8. The van der Waals surface area contributed by atoms with Crippen molar-refractivity contribution >= 4 is 23.8 Å². The summed E-state index contributed by atoms with van der Waals surface area (Å²) in [4.78, 5) is 28.9. The Hall–Kier alpha value is -1.85. The van der Waals surface area contributed by atoms with Crippen molar-refractivity contribution in [2.75, 3.05) is 26.7 Å². The molecule has 4 rings (SSSR count). The minimum Gasteiger partial charge on any atom is -0.401 e. The number of likely N-dealkylation sites (N-methyl/N-ethyl adjacent to an activating group) is 1. The molecule has 0 aromatic carbocycles. The molecule has 0 saturated carbocycles. The molecule has 4 aliphatic rings. The van der Waals surface area contributed by atoms with Crippen molar-refractivity contribution < 1.29 is 9.59 Å². The number of hydrogen-bond donors (Lipinski definition) is 1. The molecule has 1 atom stereocenters. The van der Waals surface area contributed by atoms with Gasteiger partial charge in [0.2, 0.25) is 5.91 Å². The van der Waals surface area contributed by atoms with Crippen LogP contribution in [0.15, 0.2) is 46.2 Å². The van der Waals surface area contributed by atoms with E-state index in [9.17, 15) is 9.59 Å². The number of halogens is 1. The van der Waals surface area contributed by atoms with Crippen molar-refractivity contribution in [3.63, 3.8) is 0 Å². The Morgan fingerprint density at radius 2 is 2.00 bits per heavy atom. The van der Waals surface area contributed by atoms with E-state index >= 15 is 0 Å². The van der Waals surface area contributed by atoms with Crippen LogP contribution in [-0.4, -0.2) is 54.7 Å². The Morgan fingerprint density at radius 1 is 1.32 bits per heavy atom. The van der Waals surface area contributed by atoms with Crippen molar-refractivity contribution in [2.24, 2.45) is 11.7 Å². The predicted octanol–water partition coefficient (Wildman–Crippen LogP) is 3.38. The number of carbonyl (C=O) groups excluding carboxylic acids is 2. The Kier molecular flexibility index (Phi) is 8.52. The smallest absolute Gasteiger partial charge is 0.250 e. The first-order valence-corrected chi connectivity index (χ1v) is 10.5. The fraction of sp³-hybridized carbons (Fsp3) is 0.545. The van der Waals surface area contributed by atoms with Gasteiger partial charge in [-0.2, -0.15) is 0 Å². The van der Waals surface area contributed by atoms with Gasteiger partial charge in [-0.1, -0.05) is 43.7 Å². The van der Waals surface area contributed by atoms with Gasteiger partial charge in [0.15, 0.2) is 0 Å². The van der Waals surface area contributed by atoms with E-state index in [4.69, 9.17) is 17.3 Å². The monoisotopic (exact) mass is 405 g/mol. The number of rotatable bonds is 3. The van der Waals surface area contributed by atoms with Crippen molar-refractivity contribution in [1.82, 2.24) is 9.80 Å². The van der Waals surface area contributed by atoms with E-state index in [-0.39, 0.29) is 18.4 Å². The SMILES string of the molecule is CC.CN(C(=O)/C1=C/C=C\C/C(N)=C(Cl)\C=C(\C=O)C1)C1CN2CCC1CC2. The second kappa shape index (κ2) is 10.6. The first kappa shape index (κ1) is 22.4. The van der Waals surface area contributed by atoms with Crippen LogP contribution in [0, 0.1) is 5.92 Å². The van der Waals surface area contributed by atoms with E-state index in [1.165, 1.54) is 0 Å². The van der Waals surface area contributed by atoms with Gasteiger partial charge in [0.05, 0.1) is 5.03 Å². The van der Waals surface area contributed by atoms with Gasteiger partial charge in [0.1, 0.15) is 6.29 Å². The van der Waals surface area contributed by atoms with E-state index in [1.807, 2.05) is 37.9 Å². The van der Waals surface area contributed by atoms with Gasteiger partial charge >= 0.3 is 0 Å². The summed E-state index contributed by atoms with van der Waals surface area (Å²) >= 11 is 6.16. The predicted molar refractivity (Wildman–Crippen MR) is 115 cm³/mol. The third kappa shape index (κ3) is 5.36. The maximum absolute atomic E-state index is 13.1. The molecule has 3 aliphatic heterocycles. The lowest BCUT2D eigenvalue weighted by Gasteiger charge is -2.48. The van der Waals surface area contributed by atoms with Crippen molar-refractivity contribution in [3.8, 4) is 0 Å². The third-order valence-corrected chi connectivity index (χ3v) is 6.00. The highest BCUT2D eigenvalue weighted by Crippen LogP contribution is 2.31. The summed E-state index contributed by atoms with van der Waals surface area (Å²) in [6.45, 7) is 7.22. The fourth-order valence-electron chi connectivity index (χ4n) is 4.03. The summed E-state index contributed by atoms with van der Waals surface area (Å²) in [5.41, 5.74) is 7.46. The van der Waals surface area contributed by atoms with Crippen molar-refractivity contribution in [3.05, 3.63) is 46.2 Å². The quantitative estimate of drug-likeness (QED) is 0.731. The molecule has 0 spiro atoms. The van der Waals surface area contributed by atoms with Gasteiger partial charge in [-0.3, -0.25) is 9.59 Å². The first-order valence-electron chi connectivity index (χ1n) is 10.1. The summed E-state index contributed by atoms with van der Waals surface area (Å²) in [5.74, 6) is 0.553. The Morgan fingerprint density at radius 3 is 2.57 bits per heavy atom. The molecule has 2 N–H and O–H groups in total. The standard InChI is InChI=1S/C20H26ClN3O2.C2H6/c1-23(19-12-24-8-6-15(19)7-9-24)20(26)16-4-2-3-5-18(22)17(21)11-14(10-16)13-25;1-2/h2-4,11,13,15,19H,5-10,12,22H2,1H3;1-2H3/b3-2-,14-11+,16-4+,18-17-;. The molecule has 6 heteroatoms. The van der Waals surface area contributed by atoms with Crippen LogP contribution in [0.3, 0.4) is 0 Å². The number of hydrogen-bond acceptors (Lipinski definition) is 4. The molecule has 3 saturated heterocycles. The first-order chi connectivity index (χ1) is 13.5. The zero-order valence-electron chi connectivity index (χ0n) is 17.2. The van der Waals surface area contributed by atoms with E-state index in [0.717, 1.165) is 38.8 Å². The van der Waals surface area contributed by atoms with E-state index < -0.39 is 0 Å². The maximum atomic E-state index is 13.1. The maximum Gasteiger partial charge on any atom is 0.250 e. The van der Waals surface area contributed by atoms with Gasteiger partial charge in [-0.05, 0) is 43.5 Å². The molecule has 28 heavy (non-hydrogen) atoms. The van der Waals surface area contributed by atoms with Gasteiger partial charge in [0.25, 0.3) is 0 Å². The number of nitrogens with two attached hydrogens (primary N) is 1. The summed E-state index contributed by atoms with van der Waals surface area (Å²) in [6, 6.07) is 0.244. The summed E-state index contributed by atoms with van der Waals surface area (Å²) < 4.78 is 0. The molecule has 2 bridgehead atoms. The molecular formula is C22H32ClN3O2. The molecule has 5 nitrogen and oxygen atoms in total. The largest absolute Gasteiger partial charge is 0.401 e. The highest BCUT2D eigenvalue weighted by molar-refractivity contribution is 6.31. The normalized spacial score (nSPS) is 34.6. The molecule has 1 unspecified atom stereocenters. The molecule has 1 aliphatic carbocycles. The van der Waals surface area contributed by atoms with Crippen LogP contribution in [0.4, 0.5) is 0 Å². The van der Waals surface area contributed by atoms with Crippen molar-refractivity contribution in [2.45, 2.75) is 45.6 Å². The Balaban J connectivity index is 0.00000136. The van der Waals surface area contributed by atoms with Gasteiger partial charge in [0, 0.05) is 43.7 Å². The molecule has 1 amide bonds. The summed E-state index contributed by atoms with van der Waals surface area (Å²) in [5, 5.41) is 0.358. The van der Waals surface area contributed by atoms with E-state index in [1.54, 1.807) is 12.2 Å². The number of fused-ring (bicyclic) bond motifs is 3. The van der Waals surface area contributed by atoms with Crippen LogP contribution in [-0.2, 0) is 9.59 Å². The Labute approximate surface area is 173 Å². The fourth-order valence-corrected chi connectivity index (χ4v) is 4.25. The number of amides is 1. The second-order valence-corrected chi connectivity index (χ2v) is 7.74. The minimum atomic E-state index is -0.0187. The average molecular weight is 406 g/mol. The van der Waals surface area contributed by atoms with Crippen molar-refractivity contribution in [1.29, 1.82) is 0 Å². The zero-order valence-corrected chi connectivity index (χ0v) is 17.9. The molecule has 3 heterocycles. The van der Waals surface area contributed by atoms with Gasteiger partial charge in [-0.25, -0.2) is 0 Å². The summed E-state index contributed by atoms with van der Waals surface area (Å²) in [7, 11) is 1.88. The van der Waals surface area contributed by atoms with Gasteiger partial charge in [-0.15, -0.1) is 0 Å². The lowest BCUT2D eigenvalue weighted by molar-refractivity contribution is -0.131.